The van der Waals surface area contributed by atoms with Gasteiger partial charge in [-0.15, -0.1) is 0 Å². The fourth-order valence-corrected chi connectivity index (χ4v) is 5.32. The lowest BCUT2D eigenvalue weighted by Crippen LogP contribution is -2.18. The quantitative estimate of drug-likeness (QED) is 0.481. The monoisotopic (exact) mass is 445 g/mol. The second-order valence-electron chi connectivity index (χ2n) is 7.80. The van der Waals surface area contributed by atoms with Gasteiger partial charge in [0.1, 0.15) is 11.6 Å². The molecule has 5 rings (SSSR count). The van der Waals surface area contributed by atoms with Crippen molar-refractivity contribution in [3.8, 4) is 11.4 Å². The summed E-state index contributed by atoms with van der Waals surface area (Å²) in [6, 6.07) is 19.5. The molecule has 0 saturated heterocycles. The number of hydrogen-bond donors (Lipinski definition) is 1. The number of hydrogen-bond acceptors (Lipinski definition) is 4. The van der Waals surface area contributed by atoms with Gasteiger partial charge in [0.15, 0.2) is 0 Å². The molecule has 162 valence electrons. The zero-order valence-corrected chi connectivity index (χ0v) is 18.7. The summed E-state index contributed by atoms with van der Waals surface area (Å²) in [5, 5.41) is 9.54. The molecule has 0 aliphatic carbocycles. The van der Waals surface area contributed by atoms with Crippen molar-refractivity contribution in [2.24, 2.45) is 0 Å². The molecule has 0 bridgehead atoms. The summed E-state index contributed by atoms with van der Waals surface area (Å²) in [4.78, 5) is 13.6. The van der Waals surface area contributed by atoms with E-state index in [4.69, 9.17) is 4.74 Å². The lowest BCUT2D eigenvalue weighted by Gasteiger charge is -2.15. The Balaban J connectivity index is 1.62. The number of aryl methyl sites for hydroxylation is 1. The van der Waals surface area contributed by atoms with Gasteiger partial charge in [0.2, 0.25) is 0 Å². The maximum Gasteiger partial charge on any atom is 0.261 e. The number of fused-ring (bicyclic) bond motifs is 2. The third kappa shape index (κ3) is 3.58. The van der Waals surface area contributed by atoms with E-state index in [0.717, 1.165) is 33.3 Å². The van der Waals surface area contributed by atoms with Crippen molar-refractivity contribution in [3.63, 3.8) is 0 Å². The van der Waals surface area contributed by atoms with Crippen molar-refractivity contribution < 1.29 is 13.7 Å². The summed E-state index contributed by atoms with van der Waals surface area (Å²) in [5.41, 5.74) is 4.05. The Hall–Kier alpha value is -3.45. The largest absolute Gasteiger partial charge is 0.493 e. The van der Waals surface area contributed by atoms with Crippen LogP contribution < -0.4 is 10.1 Å². The fraction of sp³-hybridized carbons (Fsp3) is 0.200. The van der Waals surface area contributed by atoms with E-state index in [0.29, 0.717) is 35.2 Å². The first-order chi connectivity index (χ1) is 15.5. The molecule has 1 aliphatic rings. The van der Waals surface area contributed by atoms with Crippen LogP contribution in [0.15, 0.2) is 60.7 Å². The minimum Gasteiger partial charge on any atom is -0.493 e. The smallest absolute Gasteiger partial charge is 0.261 e. The second kappa shape index (κ2) is 8.24. The Morgan fingerprint density at radius 1 is 1.09 bits per heavy atom. The third-order valence-corrected chi connectivity index (χ3v) is 6.80. The molecule has 6 nitrogen and oxygen atoms in total. The minimum absolute atomic E-state index is 0.279. The predicted octanol–water partition coefficient (Wildman–Crippen LogP) is 4.75. The number of benzene rings is 3. The maximum atomic E-state index is 13.6. The lowest BCUT2D eigenvalue weighted by molar-refractivity contribution is 0.102. The highest BCUT2D eigenvalue weighted by Gasteiger charge is 2.29. The van der Waals surface area contributed by atoms with Gasteiger partial charge in [-0.3, -0.25) is 9.00 Å². The molecule has 0 saturated carbocycles. The number of carbonyl (C=O) groups excluding carboxylic acids is 1. The van der Waals surface area contributed by atoms with Crippen LogP contribution in [-0.2, 0) is 22.3 Å². The fourth-order valence-electron chi connectivity index (χ4n) is 4.06. The molecule has 7 heteroatoms. The Bertz CT molecular complexity index is 1360. The van der Waals surface area contributed by atoms with Crippen LogP contribution in [0.4, 0.5) is 5.82 Å². The summed E-state index contributed by atoms with van der Waals surface area (Å²) in [7, 11) is -1.01. The van der Waals surface area contributed by atoms with Gasteiger partial charge in [0, 0.05) is 16.4 Å². The predicted molar refractivity (Wildman–Crippen MR) is 127 cm³/mol. The van der Waals surface area contributed by atoms with Crippen molar-refractivity contribution >= 4 is 33.3 Å². The van der Waals surface area contributed by atoms with Gasteiger partial charge < -0.3 is 10.1 Å². The SMILES string of the molecule is CCOc1ccc2ccccc2c1C(=O)Nc1c2c(nn1-c1ccc(C)cc1)CS(=O)C2. The first-order valence-corrected chi connectivity index (χ1v) is 12.0. The molecule has 2 heterocycles. The van der Waals surface area contributed by atoms with Crippen LogP contribution in [0.3, 0.4) is 0 Å². The van der Waals surface area contributed by atoms with Crippen LogP contribution in [0.1, 0.15) is 34.1 Å². The highest BCUT2D eigenvalue weighted by molar-refractivity contribution is 7.83. The van der Waals surface area contributed by atoms with Gasteiger partial charge in [0.05, 0.1) is 35.1 Å². The molecule has 1 unspecified atom stereocenters. The zero-order valence-electron chi connectivity index (χ0n) is 17.9. The standard InChI is InChI=1S/C25H23N3O3S/c1-3-31-22-13-10-17-6-4-5-7-19(17)23(22)25(29)26-24-20-14-32(30)15-21(20)27-28(24)18-11-8-16(2)9-12-18/h4-13H,3,14-15H2,1-2H3,(H,26,29). The van der Waals surface area contributed by atoms with Crippen LogP contribution in [0.5, 0.6) is 5.75 Å². The number of amides is 1. The van der Waals surface area contributed by atoms with Gasteiger partial charge in [-0.2, -0.15) is 5.10 Å². The summed E-state index contributed by atoms with van der Waals surface area (Å²) in [6.07, 6.45) is 0. The zero-order chi connectivity index (χ0) is 22.2. The summed E-state index contributed by atoms with van der Waals surface area (Å²) in [6.45, 7) is 4.37. The van der Waals surface area contributed by atoms with Gasteiger partial charge in [-0.05, 0) is 42.8 Å². The Kier molecular flexibility index (Phi) is 5.27. The highest BCUT2D eigenvalue weighted by Crippen LogP contribution is 2.34. The van der Waals surface area contributed by atoms with E-state index in [1.54, 1.807) is 4.68 Å². The molecule has 1 aliphatic heterocycles. The summed E-state index contributed by atoms with van der Waals surface area (Å²) < 4.78 is 19.7. The molecule has 0 fully saturated rings. The summed E-state index contributed by atoms with van der Waals surface area (Å²) in [5.74, 6) is 1.60. The van der Waals surface area contributed by atoms with Gasteiger partial charge in [-0.25, -0.2) is 4.68 Å². The van der Waals surface area contributed by atoms with Crippen LogP contribution in [0, 0.1) is 6.92 Å². The van der Waals surface area contributed by atoms with Crippen molar-refractivity contribution in [1.29, 1.82) is 0 Å². The molecule has 1 aromatic heterocycles. The normalized spacial score (nSPS) is 15.0. The van der Waals surface area contributed by atoms with Crippen LogP contribution in [0.2, 0.25) is 0 Å². The molecule has 4 aromatic rings. The van der Waals surface area contributed by atoms with Crippen molar-refractivity contribution in [3.05, 3.63) is 83.0 Å². The molecule has 0 radical (unpaired) electrons. The van der Waals surface area contributed by atoms with Crippen LogP contribution in [0.25, 0.3) is 16.5 Å². The number of rotatable bonds is 5. The molecule has 1 N–H and O–H groups in total. The number of aromatic nitrogens is 2. The van der Waals surface area contributed by atoms with Crippen molar-refractivity contribution in [2.75, 3.05) is 11.9 Å². The number of ether oxygens (including phenoxy) is 1. The number of anilines is 1. The third-order valence-electron chi connectivity index (χ3n) is 5.60. The molecular weight excluding hydrogens is 422 g/mol. The molecule has 3 aromatic carbocycles. The van der Waals surface area contributed by atoms with Crippen molar-refractivity contribution in [2.45, 2.75) is 25.4 Å². The van der Waals surface area contributed by atoms with Crippen LogP contribution in [-0.4, -0.2) is 26.5 Å². The number of nitrogens with one attached hydrogen (secondary N) is 1. The Morgan fingerprint density at radius 3 is 2.66 bits per heavy atom. The second-order valence-corrected chi connectivity index (χ2v) is 9.25. The van der Waals surface area contributed by atoms with Gasteiger partial charge in [0.25, 0.3) is 5.91 Å². The van der Waals surface area contributed by atoms with E-state index in [-0.39, 0.29) is 5.91 Å². The minimum atomic E-state index is -1.01. The molecule has 1 atom stereocenters. The average molecular weight is 446 g/mol. The first-order valence-electron chi connectivity index (χ1n) is 10.5. The molecule has 32 heavy (non-hydrogen) atoms. The van der Waals surface area contributed by atoms with E-state index >= 15 is 0 Å². The molecule has 0 spiro atoms. The molecule has 1 amide bonds. The number of carbonyl (C=O) groups is 1. The molecular formula is C25H23N3O3S. The topological polar surface area (TPSA) is 73.2 Å². The maximum absolute atomic E-state index is 13.6. The number of nitrogens with zero attached hydrogens (tertiary/aromatic N) is 2. The van der Waals surface area contributed by atoms with Gasteiger partial charge in [-0.1, -0.05) is 48.0 Å². The van der Waals surface area contributed by atoms with E-state index < -0.39 is 10.8 Å². The van der Waals surface area contributed by atoms with Crippen molar-refractivity contribution in [1.82, 2.24) is 9.78 Å². The van der Waals surface area contributed by atoms with E-state index in [2.05, 4.69) is 10.4 Å². The van der Waals surface area contributed by atoms with E-state index in [1.807, 2.05) is 74.5 Å². The Labute approximate surface area is 188 Å². The van der Waals surface area contributed by atoms with E-state index in [9.17, 15) is 9.00 Å². The van der Waals surface area contributed by atoms with E-state index in [1.165, 1.54) is 0 Å². The summed E-state index contributed by atoms with van der Waals surface area (Å²) >= 11 is 0. The average Bonchev–Trinajstić information content (AvgIpc) is 3.31. The highest BCUT2D eigenvalue weighted by atomic mass is 32.2. The van der Waals surface area contributed by atoms with Crippen LogP contribution >= 0.6 is 0 Å². The first kappa shape index (κ1) is 20.5. The Morgan fingerprint density at radius 2 is 1.88 bits per heavy atom. The van der Waals surface area contributed by atoms with Gasteiger partial charge >= 0.3 is 0 Å². The lowest BCUT2D eigenvalue weighted by atomic mass is 10.0.